The Hall–Kier alpha value is -3.04. The average Bonchev–Trinajstić information content (AvgIpc) is 3.39. The third-order valence-corrected chi connectivity index (χ3v) is 5.14. The standard InChI is InChI=1S/C19H20N6O2S/c26-18(10-16-14-28-19(22-16)24-6-8-27-9-7-24)23-20-11-15-12-21-25(13-15)17-4-2-1-3-5-17/h1-5,11-14H,6-10H2,(H,23,26)/b20-11-. The van der Waals surface area contributed by atoms with Crippen molar-refractivity contribution >= 4 is 28.6 Å². The molecule has 1 fully saturated rings. The number of amides is 1. The smallest absolute Gasteiger partial charge is 0.246 e. The molecule has 4 rings (SSSR count). The summed E-state index contributed by atoms with van der Waals surface area (Å²) in [6.07, 6.45) is 5.31. The normalized spacial score (nSPS) is 14.5. The first-order chi connectivity index (χ1) is 13.8. The van der Waals surface area contributed by atoms with E-state index in [1.54, 1.807) is 28.4 Å². The maximum atomic E-state index is 12.1. The molecule has 0 aliphatic carbocycles. The van der Waals surface area contributed by atoms with Gasteiger partial charge in [-0.25, -0.2) is 15.1 Å². The van der Waals surface area contributed by atoms with Crippen molar-refractivity contribution in [1.29, 1.82) is 0 Å². The van der Waals surface area contributed by atoms with Gasteiger partial charge in [-0.3, -0.25) is 4.79 Å². The summed E-state index contributed by atoms with van der Waals surface area (Å²) in [4.78, 5) is 18.8. The maximum Gasteiger partial charge on any atom is 0.246 e. The highest BCUT2D eigenvalue weighted by atomic mass is 32.1. The lowest BCUT2D eigenvalue weighted by atomic mass is 10.3. The van der Waals surface area contributed by atoms with Crippen molar-refractivity contribution in [2.45, 2.75) is 6.42 Å². The number of para-hydroxylation sites is 1. The number of rotatable bonds is 6. The average molecular weight is 396 g/mol. The van der Waals surface area contributed by atoms with Crippen LogP contribution in [0.2, 0.25) is 0 Å². The third kappa shape index (κ3) is 4.62. The van der Waals surface area contributed by atoms with Gasteiger partial charge in [-0.05, 0) is 12.1 Å². The van der Waals surface area contributed by atoms with Gasteiger partial charge in [0.05, 0.1) is 43.4 Å². The minimum absolute atomic E-state index is 0.196. The van der Waals surface area contributed by atoms with Gasteiger partial charge < -0.3 is 9.64 Å². The molecular weight excluding hydrogens is 376 g/mol. The molecule has 2 aromatic heterocycles. The molecular formula is C19H20N6O2S. The van der Waals surface area contributed by atoms with E-state index in [0.717, 1.165) is 35.2 Å². The number of nitrogens with zero attached hydrogens (tertiary/aromatic N) is 5. The van der Waals surface area contributed by atoms with Crippen molar-refractivity contribution < 1.29 is 9.53 Å². The van der Waals surface area contributed by atoms with E-state index in [2.05, 4.69) is 25.5 Å². The number of thiazole rings is 1. The summed E-state index contributed by atoms with van der Waals surface area (Å²) in [5, 5.41) is 11.1. The number of ether oxygens (including phenoxy) is 1. The largest absolute Gasteiger partial charge is 0.378 e. The summed E-state index contributed by atoms with van der Waals surface area (Å²) in [7, 11) is 0. The van der Waals surface area contributed by atoms with Crippen LogP contribution in [-0.4, -0.2) is 53.2 Å². The van der Waals surface area contributed by atoms with Gasteiger partial charge in [0.1, 0.15) is 0 Å². The summed E-state index contributed by atoms with van der Waals surface area (Å²) < 4.78 is 7.10. The van der Waals surface area contributed by atoms with Crippen molar-refractivity contribution in [3.05, 3.63) is 59.4 Å². The van der Waals surface area contributed by atoms with E-state index in [1.165, 1.54) is 0 Å². The Labute approximate surface area is 166 Å². The van der Waals surface area contributed by atoms with Crippen LogP contribution in [0.4, 0.5) is 5.13 Å². The van der Waals surface area contributed by atoms with Crippen LogP contribution in [0.3, 0.4) is 0 Å². The van der Waals surface area contributed by atoms with Gasteiger partial charge in [0.15, 0.2) is 5.13 Å². The van der Waals surface area contributed by atoms with Crippen molar-refractivity contribution in [2.75, 3.05) is 31.2 Å². The Kier molecular flexibility index (Phi) is 5.74. The minimum atomic E-state index is -0.203. The van der Waals surface area contributed by atoms with E-state index >= 15 is 0 Å². The molecule has 0 radical (unpaired) electrons. The third-order valence-electron chi connectivity index (χ3n) is 4.19. The highest BCUT2D eigenvalue weighted by Gasteiger charge is 2.15. The van der Waals surface area contributed by atoms with E-state index < -0.39 is 0 Å². The maximum absolute atomic E-state index is 12.1. The van der Waals surface area contributed by atoms with Gasteiger partial charge in [-0.2, -0.15) is 10.2 Å². The molecule has 144 valence electrons. The van der Waals surface area contributed by atoms with Crippen LogP contribution >= 0.6 is 11.3 Å². The Balaban J connectivity index is 1.29. The Morgan fingerprint density at radius 1 is 1.29 bits per heavy atom. The van der Waals surface area contributed by atoms with E-state index in [0.29, 0.717) is 13.2 Å². The van der Waals surface area contributed by atoms with E-state index in [-0.39, 0.29) is 12.3 Å². The first-order valence-corrected chi connectivity index (χ1v) is 9.85. The fourth-order valence-electron chi connectivity index (χ4n) is 2.79. The summed E-state index contributed by atoms with van der Waals surface area (Å²) in [5.41, 5.74) is 5.05. The molecule has 3 heterocycles. The zero-order chi connectivity index (χ0) is 19.2. The van der Waals surface area contributed by atoms with Crippen molar-refractivity contribution in [3.63, 3.8) is 0 Å². The van der Waals surface area contributed by atoms with Crippen LogP contribution in [0.25, 0.3) is 5.69 Å². The number of carbonyl (C=O) groups excluding carboxylic acids is 1. The second-order valence-electron chi connectivity index (χ2n) is 6.24. The molecule has 0 atom stereocenters. The van der Waals surface area contributed by atoms with Crippen LogP contribution in [-0.2, 0) is 16.0 Å². The fraction of sp³-hybridized carbons (Fsp3) is 0.263. The molecule has 8 nitrogen and oxygen atoms in total. The first kappa shape index (κ1) is 18.3. The fourth-order valence-corrected chi connectivity index (χ4v) is 3.66. The lowest BCUT2D eigenvalue weighted by molar-refractivity contribution is -0.120. The van der Waals surface area contributed by atoms with Crippen LogP contribution in [0.15, 0.2) is 53.2 Å². The molecule has 3 aromatic rings. The Morgan fingerprint density at radius 3 is 2.93 bits per heavy atom. The number of aromatic nitrogens is 3. The molecule has 9 heteroatoms. The number of benzene rings is 1. The number of hydrazone groups is 1. The number of anilines is 1. The van der Waals surface area contributed by atoms with Crippen molar-refractivity contribution in [3.8, 4) is 5.69 Å². The quantitative estimate of drug-likeness (QED) is 0.508. The molecule has 1 saturated heterocycles. The molecule has 1 aliphatic heterocycles. The molecule has 1 aliphatic rings. The summed E-state index contributed by atoms with van der Waals surface area (Å²) in [6.45, 7) is 3.09. The molecule has 0 unspecified atom stereocenters. The van der Waals surface area contributed by atoms with E-state index in [1.807, 2.05) is 41.9 Å². The van der Waals surface area contributed by atoms with Crippen molar-refractivity contribution in [1.82, 2.24) is 20.2 Å². The monoisotopic (exact) mass is 396 g/mol. The van der Waals surface area contributed by atoms with Gasteiger partial charge in [-0.1, -0.05) is 18.2 Å². The molecule has 0 bridgehead atoms. The summed E-state index contributed by atoms with van der Waals surface area (Å²) in [6, 6.07) is 9.79. The zero-order valence-electron chi connectivity index (χ0n) is 15.2. The predicted octanol–water partition coefficient (Wildman–Crippen LogP) is 1.86. The number of hydrogen-bond donors (Lipinski definition) is 1. The summed E-state index contributed by atoms with van der Waals surface area (Å²) in [5.74, 6) is -0.203. The van der Waals surface area contributed by atoms with E-state index in [4.69, 9.17) is 4.74 Å². The number of hydrogen-bond acceptors (Lipinski definition) is 7. The highest BCUT2D eigenvalue weighted by Crippen LogP contribution is 2.21. The number of carbonyl (C=O) groups is 1. The highest BCUT2D eigenvalue weighted by molar-refractivity contribution is 7.13. The van der Waals surface area contributed by atoms with Gasteiger partial charge in [0.25, 0.3) is 0 Å². The Bertz CT molecular complexity index is 946. The second kappa shape index (κ2) is 8.77. The summed E-state index contributed by atoms with van der Waals surface area (Å²) >= 11 is 1.55. The first-order valence-electron chi connectivity index (χ1n) is 8.97. The number of morpholine rings is 1. The molecule has 1 aromatic carbocycles. The lowest BCUT2D eigenvalue weighted by Gasteiger charge is -2.26. The van der Waals surface area contributed by atoms with Crippen LogP contribution in [0.5, 0.6) is 0 Å². The predicted molar refractivity (Wildman–Crippen MR) is 108 cm³/mol. The second-order valence-corrected chi connectivity index (χ2v) is 7.08. The van der Waals surface area contributed by atoms with Gasteiger partial charge in [0.2, 0.25) is 5.91 Å². The minimum Gasteiger partial charge on any atom is -0.378 e. The Morgan fingerprint density at radius 2 is 2.11 bits per heavy atom. The van der Waals surface area contributed by atoms with Crippen molar-refractivity contribution in [2.24, 2.45) is 5.10 Å². The van der Waals surface area contributed by atoms with Gasteiger partial charge in [-0.15, -0.1) is 11.3 Å². The SMILES string of the molecule is O=C(Cc1csc(N2CCOCC2)n1)N/N=C\c1cnn(-c2ccccc2)c1. The van der Waals surface area contributed by atoms with Crippen LogP contribution < -0.4 is 10.3 Å². The van der Waals surface area contributed by atoms with Gasteiger partial charge >= 0.3 is 0 Å². The van der Waals surface area contributed by atoms with Crippen LogP contribution in [0, 0.1) is 0 Å². The van der Waals surface area contributed by atoms with Gasteiger partial charge in [0, 0.05) is 30.2 Å². The number of nitrogens with one attached hydrogen (secondary N) is 1. The molecule has 0 spiro atoms. The lowest BCUT2D eigenvalue weighted by Crippen LogP contribution is -2.36. The van der Waals surface area contributed by atoms with Crippen LogP contribution in [0.1, 0.15) is 11.3 Å². The topological polar surface area (TPSA) is 84.6 Å². The van der Waals surface area contributed by atoms with E-state index in [9.17, 15) is 4.79 Å². The molecule has 0 saturated carbocycles. The molecule has 28 heavy (non-hydrogen) atoms. The molecule has 1 amide bonds. The molecule has 1 N–H and O–H groups in total. The zero-order valence-corrected chi connectivity index (χ0v) is 16.0.